The van der Waals surface area contributed by atoms with Gasteiger partial charge in [0.15, 0.2) is 0 Å². The molecule has 1 fully saturated rings. The molecule has 0 unspecified atom stereocenters. The normalized spacial score (nSPS) is 14.9. The van der Waals surface area contributed by atoms with E-state index in [1.807, 2.05) is 49.4 Å². The van der Waals surface area contributed by atoms with Crippen LogP contribution < -0.4 is 10.5 Å². The van der Waals surface area contributed by atoms with E-state index in [0.717, 1.165) is 37.1 Å². The smallest absolute Gasteiger partial charge is 0.267 e. The van der Waals surface area contributed by atoms with Crippen molar-refractivity contribution >= 4 is 51.7 Å². The summed E-state index contributed by atoms with van der Waals surface area (Å²) in [6.07, 6.45) is 5.99. The van der Waals surface area contributed by atoms with E-state index in [2.05, 4.69) is 18.7 Å². The highest BCUT2D eigenvalue weighted by molar-refractivity contribution is 8.26. The molecule has 4 rings (SSSR count). The number of hydrogen-bond acceptors (Lipinski definition) is 6. The van der Waals surface area contributed by atoms with Crippen LogP contribution in [0.3, 0.4) is 0 Å². The Morgan fingerprint density at radius 1 is 1.06 bits per heavy atom. The van der Waals surface area contributed by atoms with Gasteiger partial charge in [0.25, 0.3) is 11.5 Å². The maximum absolute atomic E-state index is 13.7. The first-order chi connectivity index (χ1) is 16.9. The summed E-state index contributed by atoms with van der Waals surface area (Å²) in [5, 5.41) is 0. The highest BCUT2D eigenvalue weighted by Crippen LogP contribution is 2.33. The number of benzene rings is 1. The van der Waals surface area contributed by atoms with Crippen molar-refractivity contribution in [2.45, 2.75) is 40.0 Å². The maximum atomic E-state index is 13.7. The van der Waals surface area contributed by atoms with Crippen molar-refractivity contribution < 1.29 is 4.79 Å². The van der Waals surface area contributed by atoms with E-state index in [0.29, 0.717) is 39.2 Å². The van der Waals surface area contributed by atoms with Crippen LogP contribution in [0.25, 0.3) is 11.7 Å². The number of thiocarbonyl (C=S) groups is 1. The van der Waals surface area contributed by atoms with Gasteiger partial charge in [0, 0.05) is 25.8 Å². The molecule has 1 amide bonds. The Morgan fingerprint density at radius 2 is 1.77 bits per heavy atom. The van der Waals surface area contributed by atoms with Gasteiger partial charge in [-0.2, -0.15) is 0 Å². The number of amides is 1. The lowest BCUT2D eigenvalue weighted by molar-refractivity contribution is -0.122. The second-order valence-electron chi connectivity index (χ2n) is 8.60. The maximum Gasteiger partial charge on any atom is 0.267 e. The summed E-state index contributed by atoms with van der Waals surface area (Å²) < 4.78 is 2.08. The van der Waals surface area contributed by atoms with Crippen LogP contribution in [0.2, 0.25) is 0 Å². The van der Waals surface area contributed by atoms with Gasteiger partial charge < -0.3 is 4.90 Å². The van der Waals surface area contributed by atoms with Crippen LogP contribution in [0, 0.1) is 6.92 Å². The minimum Gasteiger partial charge on any atom is -0.356 e. The van der Waals surface area contributed by atoms with Crippen LogP contribution in [0.1, 0.15) is 43.4 Å². The molecule has 3 heterocycles. The van der Waals surface area contributed by atoms with Crippen LogP contribution in [-0.4, -0.2) is 44.1 Å². The van der Waals surface area contributed by atoms with Gasteiger partial charge in [-0.15, -0.1) is 0 Å². The number of fused-ring (bicyclic) bond motifs is 1. The van der Waals surface area contributed by atoms with Gasteiger partial charge in [-0.3, -0.25) is 18.9 Å². The third-order valence-corrected chi connectivity index (χ3v) is 7.34. The Labute approximate surface area is 215 Å². The molecular weight excluding hydrogens is 476 g/mol. The summed E-state index contributed by atoms with van der Waals surface area (Å²) in [6, 6.07) is 13.8. The van der Waals surface area contributed by atoms with Crippen molar-refractivity contribution in [3.05, 3.63) is 80.6 Å². The molecule has 8 heteroatoms. The average molecular weight is 507 g/mol. The first-order valence-electron chi connectivity index (χ1n) is 12.0. The molecule has 0 atom stereocenters. The Kier molecular flexibility index (Phi) is 8.03. The number of pyridine rings is 1. The molecule has 1 aromatic carbocycles. The fraction of sp³-hybridized carbons (Fsp3) is 0.333. The predicted octanol–water partition coefficient (Wildman–Crippen LogP) is 5.07. The van der Waals surface area contributed by atoms with E-state index in [1.54, 1.807) is 21.6 Å². The fourth-order valence-electron chi connectivity index (χ4n) is 4.24. The molecule has 0 aliphatic carbocycles. The minimum atomic E-state index is -0.180. The fourth-order valence-corrected chi connectivity index (χ4v) is 5.53. The number of nitrogens with zero attached hydrogens (tertiary/aromatic N) is 4. The molecule has 0 radical (unpaired) electrons. The standard InChI is InChI=1S/C27H30N4O2S2/c1-4-14-29(15-5-2)24-21(25(32)30-16-9-10-19(3)23(30)28-24)18-22-26(33)31(27(34)35-22)17-13-20-11-7-6-8-12-20/h6-12,16,18H,4-5,13-15,17H2,1-3H3/b22-18-. The molecule has 2 aromatic heterocycles. The van der Waals surface area contributed by atoms with Crippen LogP contribution in [-0.2, 0) is 11.2 Å². The third kappa shape index (κ3) is 5.33. The molecule has 182 valence electrons. The van der Waals surface area contributed by atoms with Gasteiger partial charge in [-0.05, 0) is 49.5 Å². The number of rotatable bonds is 9. The van der Waals surface area contributed by atoms with E-state index < -0.39 is 0 Å². The van der Waals surface area contributed by atoms with E-state index >= 15 is 0 Å². The summed E-state index contributed by atoms with van der Waals surface area (Å²) in [4.78, 5) is 36.1. The van der Waals surface area contributed by atoms with Crippen molar-refractivity contribution in [2.75, 3.05) is 24.5 Å². The third-order valence-electron chi connectivity index (χ3n) is 5.97. The van der Waals surface area contributed by atoms with E-state index in [9.17, 15) is 9.59 Å². The first-order valence-corrected chi connectivity index (χ1v) is 13.2. The molecule has 0 saturated carbocycles. The summed E-state index contributed by atoms with van der Waals surface area (Å²) in [5.74, 6) is 0.468. The zero-order chi connectivity index (χ0) is 24.9. The van der Waals surface area contributed by atoms with E-state index in [4.69, 9.17) is 17.2 Å². The van der Waals surface area contributed by atoms with Crippen molar-refractivity contribution in [2.24, 2.45) is 0 Å². The number of carbonyl (C=O) groups excluding carboxylic acids is 1. The van der Waals surface area contributed by atoms with Crippen molar-refractivity contribution in [3.8, 4) is 0 Å². The quantitative estimate of drug-likeness (QED) is 0.298. The average Bonchev–Trinajstić information content (AvgIpc) is 3.12. The molecule has 0 spiro atoms. The molecule has 3 aromatic rings. The van der Waals surface area contributed by atoms with Crippen molar-refractivity contribution in [3.63, 3.8) is 0 Å². The van der Waals surface area contributed by atoms with E-state index in [1.165, 1.54) is 11.8 Å². The summed E-state index contributed by atoms with van der Waals surface area (Å²) in [6.45, 7) is 8.24. The largest absolute Gasteiger partial charge is 0.356 e. The lowest BCUT2D eigenvalue weighted by Gasteiger charge is -2.25. The van der Waals surface area contributed by atoms with Gasteiger partial charge in [0.1, 0.15) is 15.8 Å². The highest BCUT2D eigenvalue weighted by Gasteiger charge is 2.32. The lowest BCUT2D eigenvalue weighted by Crippen LogP contribution is -2.31. The molecule has 6 nitrogen and oxygen atoms in total. The van der Waals surface area contributed by atoms with Gasteiger partial charge >= 0.3 is 0 Å². The summed E-state index contributed by atoms with van der Waals surface area (Å²) in [5.41, 5.74) is 2.96. The second kappa shape index (κ2) is 11.2. The van der Waals surface area contributed by atoms with Crippen LogP contribution in [0.15, 0.2) is 58.4 Å². The van der Waals surface area contributed by atoms with Gasteiger partial charge in [0.2, 0.25) is 0 Å². The van der Waals surface area contributed by atoms with Gasteiger partial charge in [0.05, 0.1) is 10.5 Å². The van der Waals surface area contributed by atoms with Crippen LogP contribution in [0.4, 0.5) is 5.82 Å². The molecule has 1 aliphatic heterocycles. The Balaban J connectivity index is 1.75. The molecule has 35 heavy (non-hydrogen) atoms. The van der Waals surface area contributed by atoms with Crippen molar-refractivity contribution in [1.29, 1.82) is 0 Å². The number of anilines is 1. The Bertz CT molecular complexity index is 1330. The predicted molar refractivity (Wildman–Crippen MR) is 149 cm³/mol. The van der Waals surface area contributed by atoms with Crippen LogP contribution in [0.5, 0.6) is 0 Å². The van der Waals surface area contributed by atoms with Gasteiger partial charge in [-0.25, -0.2) is 4.98 Å². The zero-order valence-electron chi connectivity index (χ0n) is 20.4. The van der Waals surface area contributed by atoms with E-state index in [-0.39, 0.29) is 11.5 Å². The number of carbonyl (C=O) groups is 1. The molecule has 0 N–H and O–H groups in total. The molecule has 1 aliphatic rings. The zero-order valence-corrected chi connectivity index (χ0v) is 22.0. The lowest BCUT2D eigenvalue weighted by atomic mass is 10.1. The molecular formula is C27H30N4O2S2. The Morgan fingerprint density at radius 3 is 2.46 bits per heavy atom. The number of thioether (sulfide) groups is 1. The molecule has 1 saturated heterocycles. The monoisotopic (exact) mass is 506 g/mol. The number of aromatic nitrogens is 2. The van der Waals surface area contributed by atoms with Gasteiger partial charge in [-0.1, -0.05) is 74.2 Å². The first kappa shape index (κ1) is 25.1. The minimum absolute atomic E-state index is 0.159. The number of aryl methyl sites for hydroxylation is 1. The van der Waals surface area contributed by atoms with Crippen molar-refractivity contribution in [1.82, 2.24) is 14.3 Å². The summed E-state index contributed by atoms with van der Waals surface area (Å²) in [7, 11) is 0. The SMILES string of the molecule is CCCN(CCC)c1nc2c(C)cccn2c(=O)c1/C=C1\SC(=S)N(CCc2ccccc2)C1=O. The summed E-state index contributed by atoms with van der Waals surface area (Å²) >= 11 is 6.79. The van der Waals surface area contributed by atoms with Crippen LogP contribution >= 0.6 is 24.0 Å². The molecule has 0 bridgehead atoms. The highest BCUT2D eigenvalue weighted by atomic mass is 32.2. The second-order valence-corrected chi connectivity index (χ2v) is 10.3. The number of hydrogen-bond donors (Lipinski definition) is 0. The topological polar surface area (TPSA) is 57.9 Å². The Hall–Kier alpha value is -2.97.